The quantitative estimate of drug-likeness (QED) is 0.735. The zero-order valence-electron chi connectivity index (χ0n) is 13.1. The number of carbonyl (C=O) groups excluding carboxylic acids is 1. The number of hydrogen-bond acceptors (Lipinski definition) is 4. The van der Waals surface area contributed by atoms with Crippen LogP contribution in [0.1, 0.15) is 25.3 Å². The number of thioether (sulfide) groups is 1. The van der Waals surface area contributed by atoms with Gasteiger partial charge in [-0.1, -0.05) is 25.1 Å². The van der Waals surface area contributed by atoms with Crippen LogP contribution in [-0.2, 0) is 4.79 Å². The van der Waals surface area contributed by atoms with Crippen LogP contribution in [0.3, 0.4) is 0 Å². The van der Waals surface area contributed by atoms with Crippen molar-refractivity contribution >= 4 is 17.7 Å². The Hall–Kier alpha value is -1.20. The normalized spacial score (nSPS) is 13.5. The maximum Gasteiger partial charge on any atom is 0.237 e. The molecule has 0 radical (unpaired) electrons. The molecule has 1 rings (SSSR count). The van der Waals surface area contributed by atoms with Gasteiger partial charge in [0, 0.05) is 0 Å². The van der Waals surface area contributed by atoms with Crippen molar-refractivity contribution in [1.82, 2.24) is 5.32 Å². The molecule has 0 spiro atoms. The summed E-state index contributed by atoms with van der Waals surface area (Å²) < 4.78 is 5.95. The lowest BCUT2D eigenvalue weighted by molar-refractivity contribution is -0.122. The van der Waals surface area contributed by atoms with Crippen molar-refractivity contribution < 1.29 is 9.53 Å². The maximum atomic E-state index is 11.9. The van der Waals surface area contributed by atoms with Crippen molar-refractivity contribution in [3.63, 3.8) is 0 Å². The maximum absolute atomic E-state index is 11.9. The smallest absolute Gasteiger partial charge is 0.237 e. The molecule has 0 saturated heterocycles. The van der Waals surface area contributed by atoms with Crippen LogP contribution in [-0.4, -0.2) is 36.6 Å². The molecule has 21 heavy (non-hydrogen) atoms. The summed E-state index contributed by atoms with van der Waals surface area (Å²) in [7, 11) is 0. The highest BCUT2D eigenvalue weighted by Gasteiger charge is 2.15. The predicted molar refractivity (Wildman–Crippen MR) is 89.9 cm³/mol. The fourth-order valence-corrected chi connectivity index (χ4v) is 2.35. The molecule has 0 fully saturated rings. The summed E-state index contributed by atoms with van der Waals surface area (Å²) in [6.07, 6.45) is 3.49. The second kappa shape index (κ2) is 9.68. The van der Waals surface area contributed by atoms with E-state index in [2.05, 4.69) is 5.32 Å². The van der Waals surface area contributed by atoms with Gasteiger partial charge in [0.05, 0.1) is 12.6 Å². The van der Waals surface area contributed by atoms with Crippen molar-refractivity contribution in [3.05, 3.63) is 29.8 Å². The number of amides is 1. The van der Waals surface area contributed by atoms with E-state index in [-0.39, 0.29) is 12.0 Å². The Morgan fingerprint density at radius 2 is 2.14 bits per heavy atom. The van der Waals surface area contributed by atoms with Gasteiger partial charge in [0.15, 0.2) is 0 Å². The van der Waals surface area contributed by atoms with Crippen LogP contribution in [0.5, 0.6) is 5.75 Å². The van der Waals surface area contributed by atoms with Crippen LogP contribution in [0.25, 0.3) is 0 Å². The Balaban J connectivity index is 2.44. The van der Waals surface area contributed by atoms with Gasteiger partial charge in [-0.25, -0.2) is 0 Å². The van der Waals surface area contributed by atoms with Crippen LogP contribution < -0.4 is 15.8 Å². The van der Waals surface area contributed by atoms with Crippen molar-refractivity contribution in [2.45, 2.75) is 38.8 Å². The number of rotatable bonds is 9. The molecule has 1 aromatic rings. The number of nitrogens with two attached hydrogens (primary N) is 1. The summed E-state index contributed by atoms with van der Waals surface area (Å²) in [6, 6.07) is 7.46. The summed E-state index contributed by atoms with van der Waals surface area (Å²) in [5.41, 5.74) is 6.94. The number of ether oxygens (including phenoxy) is 1. The number of carbonyl (C=O) groups is 1. The molecule has 0 heterocycles. The number of benzene rings is 1. The zero-order valence-corrected chi connectivity index (χ0v) is 13.9. The van der Waals surface area contributed by atoms with Gasteiger partial charge < -0.3 is 15.8 Å². The van der Waals surface area contributed by atoms with Gasteiger partial charge in [0.25, 0.3) is 0 Å². The lowest BCUT2D eigenvalue weighted by Crippen LogP contribution is -2.44. The number of aryl methyl sites for hydroxylation is 1. The molecule has 3 N–H and O–H groups in total. The van der Waals surface area contributed by atoms with E-state index in [1.807, 2.05) is 44.4 Å². The number of hydrogen-bond donors (Lipinski definition) is 2. The first kappa shape index (κ1) is 17.9. The molecule has 0 saturated carbocycles. The number of para-hydroxylation sites is 1. The monoisotopic (exact) mass is 310 g/mol. The molecule has 2 atom stereocenters. The fraction of sp³-hybridized carbons (Fsp3) is 0.562. The molecular weight excluding hydrogens is 284 g/mol. The topological polar surface area (TPSA) is 64.4 Å². The van der Waals surface area contributed by atoms with Crippen LogP contribution in [0, 0.1) is 6.92 Å². The highest BCUT2D eigenvalue weighted by Crippen LogP contribution is 2.18. The molecule has 0 aliphatic rings. The largest absolute Gasteiger partial charge is 0.488 e. The Bertz CT molecular complexity index is 440. The average Bonchev–Trinajstić information content (AvgIpc) is 2.50. The molecule has 0 aliphatic carbocycles. The van der Waals surface area contributed by atoms with Crippen molar-refractivity contribution in [2.24, 2.45) is 5.73 Å². The van der Waals surface area contributed by atoms with E-state index in [0.717, 1.165) is 23.5 Å². The van der Waals surface area contributed by atoms with Crippen molar-refractivity contribution in [1.29, 1.82) is 0 Å². The summed E-state index contributed by atoms with van der Waals surface area (Å²) in [4.78, 5) is 11.9. The predicted octanol–water partition coefficient (Wildman–Crippen LogP) is 2.35. The summed E-state index contributed by atoms with van der Waals surface area (Å²) in [6.45, 7) is 4.54. The van der Waals surface area contributed by atoms with E-state index in [1.54, 1.807) is 11.8 Å². The molecule has 0 bridgehead atoms. The van der Waals surface area contributed by atoms with E-state index in [1.165, 1.54) is 0 Å². The highest BCUT2D eigenvalue weighted by molar-refractivity contribution is 7.98. The van der Waals surface area contributed by atoms with Gasteiger partial charge in [-0.15, -0.1) is 0 Å². The van der Waals surface area contributed by atoms with Gasteiger partial charge in [-0.3, -0.25) is 4.79 Å². The van der Waals surface area contributed by atoms with Gasteiger partial charge in [-0.05, 0) is 43.4 Å². The van der Waals surface area contributed by atoms with E-state index in [0.29, 0.717) is 13.0 Å². The highest BCUT2D eigenvalue weighted by atomic mass is 32.2. The second-order valence-electron chi connectivity index (χ2n) is 5.05. The third-order valence-corrected chi connectivity index (χ3v) is 3.96. The van der Waals surface area contributed by atoms with Crippen LogP contribution in [0.15, 0.2) is 24.3 Å². The van der Waals surface area contributed by atoms with Gasteiger partial charge in [-0.2, -0.15) is 11.8 Å². The molecule has 0 aromatic heterocycles. The number of nitrogens with one attached hydrogen (secondary N) is 1. The Morgan fingerprint density at radius 1 is 1.43 bits per heavy atom. The molecule has 118 valence electrons. The minimum atomic E-state index is -0.437. The van der Waals surface area contributed by atoms with Crippen LogP contribution in [0.2, 0.25) is 0 Å². The molecule has 1 aromatic carbocycles. The average molecular weight is 310 g/mol. The van der Waals surface area contributed by atoms with Crippen LogP contribution in [0.4, 0.5) is 0 Å². The van der Waals surface area contributed by atoms with E-state index in [9.17, 15) is 4.79 Å². The standard InChI is InChI=1S/C16H26N2O2S/c1-4-13(20-15-8-6-5-7-12(15)2)11-18-16(19)14(17)9-10-21-3/h5-8,13-14H,4,9-11,17H2,1-3H3,(H,18,19)/t13?,14-/m0/s1. The summed E-state index contributed by atoms with van der Waals surface area (Å²) >= 11 is 1.69. The summed E-state index contributed by atoms with van der Waals surface area (Å²) in [5.74, 6) is 1.66. The Labute approximate surface area is 131 Å². The Morgan fingerprint density at radius 3 is 2.76 bits per heavy atom. The first-order valence-electron chi connectivity index (χ1n) is 7.33. The zero-order chi connectivity index (χ0) is 15.7. The molecule has 4 nitrogen and oxygen atoms in total. The molecule has 5 heteroatoms. The summed E-state index contributed by atoms with van der Waals surface area (Å²) in [5, 5.41) is 2.88. The van der Waals surface area contributed by atoms with Crippen molar-refractivity contribution in [2.75, 3.05) is 18.6 Å². The second-order valence-corrected chi connectivity index (χ2v) is 6.03. The Kier molecular flexibility index (Phi) is 8.23. The molecule has 0 aliphatic heterocycles. The minimum absolute atomic E-state index is 0.0391. The molecular formula is C16H26N2O2S. The fourth-order valence-electron chi connectivity index (χ4n) is 1.86. The lowest BCUT2D eigenvalue weighted by Gasteiger charge is -2.20. The molecule has 1 unspecified atom stereocenters. The van der Waals surface area contributed by atoms with Gasteiger partial charge in [0.2, 0.25) is 5.91 Å². The minimum Gasteiger partial charge on any atom is -0.488 e. The van der Waals surface area contributed by atoms with Crippen LogP contribution >= 0.6 is 11.8 Å². The van der Waals surface area contributed by atoms with E-state index in [4.69, 9.17) is 10.5 Å². The van der Waals surface area contributed by atoms with Gasteiger partial charge >= 0.3 is 0 Å². The SMILES string of the molecule is CCC(CNC(=O)[C@@H](N)CCSC)Oc1ccccc1C. The lowest BCUT2D eigenvalue weighted by atomic mass is 10.2. The third-order valence-electron chi connectivity index (χ3n) is 3.32. The first-order chi connectivity index (χ1) is 10.1. The van der Waals surface area contributed by atoms with E-state index >= 15 is 0 Å². The molecule has 1 amide bonds. The third kappa shape index (κ3) is 6.40. The van der Waals surface area contributed by atoms with Crippen molar-refractivity contribution in [3.8, 4) is 5.75 Å². The van der Waals surface area contributed by atoms with E-state index < -0.39 is 6.04 Å². The first-order valence-corrected chi connectivity index (χ1v) is 8.72. The van der Waals surface area contributed by atoms with Gasteiger partial charge in [0.1, 0.15) is 11.9 Å².